The number of hydrogen-bond donors (Lipinski definition) is 2. The lowest BCUT2D eigenvalue weighted by Gasteiger charge is -2.25. The van der Waals surface area contributed by atoms with Crippen molar-refractivity contribution in [3.8, 4) is 0 Å². The molecule has 0 aliphatic carbocycles. The van der Waals surface area contributed by atoms with E-state index in [1.165, 1.54) is 5.57 Å². The molecule has 0 heterocycles. The van der Waals surface area contributed by atoms with Gasteiger partial charge in [-0.15, -0.1) is 6.58 Å². The average Bonchev–Trinajstić information content (AvgIpc) is 1.82. The van der Waals surface area contributed by atoms with E-state index < -0.39 is 0 Å². The molecule has 2 nitrogen and oxygen atoms in total. The topological polar surface area (TPSA) is 38.0 Å². The molecule has 0 aromatic rings. The first-order valence-electron chi connectivity index (χ1n) is 4.45. The molecule has 0 amide bonds. The van der Waals surface area contributed by atoms with Crippen molar-refractivity contribution in [2.45, 2.75) is 46.6 Å². The second kappa shape index (κ2) is 4.63. The minimum Gasteiger partial charge on any atom is -0.271 e. The largest absolute Gasteiger partial charge is 0.271 e. The maximum absolute atomic E-state index is 5.44. The third kappa shape index (κ3) is 6.38. The maximum Gasteiger partial charge on any atom is 0.0252 e. The highest BCUT2D eigenvalue weighted by atomic mass is 15.2. The molecule has 0 rings (SSSR count). The molecule has 3 N–H and O–H groups in total. The minimum absolute atomic E-state index is 0.326. The van der Waals surface area contributed by atoms with Gasteiger partial charge in [0.1, 0.15) is 0 Å². The van der Waals surface area contributed by atoms with Crippen molar-refractivity contribution in [3.05, 3.63) is 12.2 Å². The summed E-state index contributed by atoms with van der Waals surface area (Å²) in [6, 6.07) is 0.363. The molecule has 0 aromatic carbocycles. The fourth-order valence-electron chi connectivity index (χ4n) is 1.35. The summed E-state index contributed by atoms with van der Waals surface area (Å²) in [5, 5.41) is 0. The monoisotopic (exact) mass is 170 g/mol. The molecule has 2 heteroatoms. The van der Waals surface area contributed by atoms with Crippen LogP contribution in [0, 0.1) is 5.41 Å². The van der Waals surface area contributed by atoms with Gasteiger partial charge in [-0.1, -0.05) is 26.3 Å². The van der Waals surface area contributed by atoms with Gasteiger partial charge < -0.3 is 0 Å². The Labute approximate surface area is 76.2 Å². The van der Waals surface area contributed by atoms with Crippen LogP contribution >= 0.6 is 0 Å². The van der Waals surface area contributed by atoms with E-state index in [1.807, 2.05) is 6.92 Å². The Balaban J connectivity index is 3.92. The number of hydrazine groups is 1. The van der Waals surface area contributed by atoms with E-state index in [0.29, 0.717) is 11.5 Å². The summed E-state index contributed by atoms with van der Waals surface area (Å²) < 4.78 is 0. The zero-order chi connectivity index (χ0) is 9.78. The summed E-state index contributed by atoms with van der Waals surface area (Å²) in [6.45, 7) is 12.6. The maximum atomic E-state index is 5.44. The smallest absolute Gasteiger partial charge is 0.0252 e. The van der Waals surface area contributed by atoms with E-state index in [-0.39, 0.29) is 0 Å². The first kappa shape index (κ1) is 11.7. The van der Waals surface area contributed by atoms with Gasteiger partial charge in [-0.2, -0.15) is 0 Å². The van der Waals surface area contributed by atoms with Crippen LogP contribution in [0.5, 0.6) is 0 Å². The number of rotatable bonds is 4. The molecule has 72 valence electrons. The van der Waals surface area contributed by atoms with Gasteiger partial charge in [0.2, 0.25) is 0 Å². The molecule has 0 fully saturated rings. The lowest BCUT2D eigenvalue weighted by Crippen LogP contribution is -2.38. The Hall–Kier alpha value is -0.340. The van der Waals surface area contributed by atoms with Crippen molar-refractivity contribution in [2.24, 2.45) is 11.3 Å². The van der Waals surface area contributed by atoms with Crippen LogP contribution in [0.4, 0.5) is 0 Å². The van der Waals surface area contributed by atoms with E-state index in [0.717, 1.165) is 12.8 Å². The second-order valence-electron chi connectivity index (χ2n) is 4.79. The third-order valence-electron chi connectivity index (χ3n) is 1.69. The Kier molecular flexibility index (Phi) is 4.50. The molecule has 0 saturated carbocycles. The van der Waals surface area contributed by atoms with Crippen LogP contribution in [0.15, 0.2) is 12.2 Å². The van der Waals surface area contributed by atoms with E-state index >= 15 is 0 Å². The molecule has 0 aliphatic rings. The summed E-state index contributed by atoms with van der Waals surface area (Å²) in [4.78, 5) is 0. The Bertz CT molecular complexity index is 144. The van der Waals surface area contributed by atoms with Gasteiger partial charge in [0.25, 0.3) is 0 Å². The average molecular weight is 170 g/mol. The van der Waals surface area contributed by atoms with Crippen molar-refractivity contribution in [3.63, 3.8) is 0 Å². The van der Waals surface area contributed by atoms with E-state index in [4.69, 9.17) is 5.84 Å². The highest BCUT2D eigenvalue weighted by Gasteiger charge is 2.17. The minimum atomic E-state index is 0.326. The van der Waals surface area contributed by atoms with Gasteiger partial charge in [0.15, 0.2) is 0 Å². The van der Waals surface area contributed by atoms with Crippen LogP contribution in [-0.4, -0.2) is 6.04 Å². The summed E-state index contributed by atoms with van der Waals surface area (Å²) in [5.74, 6) is 5.44. The standard InChI is InChI=1S/C10H22N2/c1-8(2)6-9(12-11)7-10(3,4)5/h9,12H,1,6-7,11H2,2-5H3. The SMILES string of the molecule is C=C(C)CC(CC(C)(C)C)NN. The summed E-state index contributed by atoms with van der Waals surface area (Å²) in [5.41, 5.74) is 4.34. The van der Waals surface area contributed by atoms with Crippen LogP contribution in [0.1, 0.15) is 40.5 Å². The quantitative estimate of drug-likeness (QED) is 0.386. The van der Waals surface area contributed by atoms with Crippen molar-refractivity contribution in [2.75, 3.05) is 0 Å². The van der Waals surface area contributed by atoms with Crippen molar-refractivity contribution in [1.82, 2.24) is 5.43 Å². The second-order valence-corrected chi connectivity index (χ2v) is 4.79. The molecular formula is C10H22N2. The van der Waals surface area contributed by atoms with Crippen LogP contribution in [-0.2, 0) is 0 Å². The molecule has 12 heavy (non-hydrogen) atoms. The molecule has 0 saturated heterocycles. The third-order valence-corrected chi connectivity index (χ3v) is 1.69. The molecule has 0 radical (unpaired) electrons. The van der Waals surface area contributed by atoms with Gasteiger partial charge in [-0.3, -0.25) is 11.3 Å². The lowest BCUT2D eigenvalue weighted by molar-refractivity contribution is 0.308. The van der Waals surface area contributed by atoms with Crippen molar-refractivity contribution < 1.29 is 0 Å². The number of hydrogen-bond acceptors (Lipinski definition) is 2. The fraction of sp³-hybridized carbons (Fsp3) is 0.800. The highest BCUT2D eigenvalue weighted by Crippen LogP contribution is 2.22. The predicted molar refractivity (Wildman–Crippen MR) is 54.6 cm³/mol. The van der Waals surface area contributed by atoms with Crippen LogP contribution in [0.3, 0.4) is 0 Å². The van der Waals surface area contributed by atoms with Gasteiger partial charge in [0, 0.05) is 6.04 Å². The Morgan fingerprint density at radius 1 is 1.50 bits per heavy atom. The van der Waals surface area contributed by atoms with E-state index in [9.17, 15) is 0 Å². The number of nitrogens with one attached hydrogen (secondary N) is 1. The Morgan fingerprint density at radius 3 is 2.25 bits per heavy atom. The molecule has 0 spiro atoms. The Morgan fingerprint density at radius 2 is 2.00 bits per heavy atom. The first-order chi connectivity index (χ1) is 5.35. The summed E-state index contributed by atoms with van der Waals surface area (Å²) in [6.07, 6.45) is 2.05. The zero-order valence-corrected chi connectivity index (χ0v) is 8.78. The lowest BCUT2D eigenvalue weighted by atomic mass is 9.86. The highest BCUT2D eigenvalue weighted by molar-refractivity contribution is 4.93. The molecular weight excluding hydrogens is 148 g/mol. The van der Waals surface area contributed by atoms with Crippen LogP contribution in [0.2, 0.25) is 0 Å². The van der Waals surface area contributed by atoms with Gasteiger partial charge >= 0.3 is 0 Å². The first-order valence-corrected chi connectivity index (χ1v) is 4.45. The van der Waals surface area contributed by atoms with E-state index in [2.05, 4.69) is 32.8 Å². The van der Waals surface area contributed by atoms with Crippen molar-refractivity contribution in [1.29, 1.82) is 0 Å². The predicted octanol–water partition coefficient (Wildman–Crippen LogP) is 2.22. The van der Waals surface area contributed by atoms with Crippen LogP contribution < -0.4 is 11.3 Å². The van der Waals surface area contributed by atoms with Gasteiger partial charge in [-0.25, -0.2) is 0 Å². The van der Waals surface area contributed by atoms with E-state index in [1.54, 1.807) is 0 Å². The molecule has 1 atom stereocenters. The van der Waals surface area contributed by atoms with Crippen molar-refractivity contribution >= 4 is 0 Å². The van der Waals surface area contributed by atoms with Gasteiger partial charge in [-0.05, 0) is 25.2 Å². The summed E-state index contributed by atoms with van der Waals surface area (Å²) in [7, 11) is 0. The normalized spacial score (nSPS) is 14.4. The molecule has 1 unspecified atom stereocenters. The number of nitrogens with two attached hydrogens (primary N) is 1. The fourth-order valence-corrected chi connectivity index (χ4v) is 1.35. The summed E-state index contributed by atoms with van der Waals surface area (Å²) >= 11 is 0. The van der Waals surface area contributed by atoms with Gasteiger partial charge in [0.05, 0.1) is 0 Å². The molecule has 0 aliphatic heterocycles. The zero-order valence-electron chi connectivity index (χ0n) is 8.78. The van der Waals surface area contributed by atoms with Crippen LogP contribution in [0.25, 0.3) is 0 Å². The molecule has 0 aromatic heterocycles. The molecule has 0 bridgehead atoms.